The van der Waals surface area contributed by atoms with E-state index in [9.17, 15) is 0 Å². The van der Waals surface area contributed by atoms with Crippen molar-refractivity contribution in [3.8, 4) is 11.8 Å². The summed E-state index contributed by atoms with van der Waals surface area (Å²) in [5.74, 6) is 1.30. The number of hydrogen-bond donors (Lipinski definition) is 1. The Bertz CT molecular complexity index is 379. The van der Waals surface area contributed by atoms with Crippen molar-refractivity contribution in [3.63, 3.8) is 0 Å². The minimum Gasteiger partial charge on any atom is -0.495 e. The van der Waals surface area contributed by atoms with E-state index in [4.69, 9.17) is 10.00 Å². The Labute approximate surface area is 89.2 Å². The largest absolute Gasteiger partial charge is 0.495 e. The Morgan fingerprint density at radius 3 is 2.93 bits per heavy atom. The fourth-order valence-corrected chi connectivity index (χ4v) is 1.21. The van der Waals surface area contributed by atoms with Gasteiger partial charge in [0, 0.05) is 5.75 Å². The Morgan fingerprint density at radius 1 is 1.57 bits per heavy atom. The molecule has 0 radical (unpaired) electrons. The summed E-state index contributed by atoms with van der Waals surface area (Å²) in [6, 6.07) is 7.57. The van der Waals surface area contributed by atoms with Crippen molar-refractivity contribution in [2.45, 2.75) is 0 Å². The molecule has 1 rings (SSSR count). The minimum absolute atomic E-state index is 0.550. The van der Waals surface area contributed by atoms with Crippen LogP contribution in [0.5, 0.6) is 5.75 Å². The van der Waals surface area contributed by atoms with E-state index in [0.717, 1.165) is 5.56 Å². The molecule has 0 fully saturated rings. The molecule has 0 atom stereocenters. The van der Waals surface area contributed by atoms with Crippen LogP contribution in [0.25, 0.3) is 6.08 Å². The van der Waals surface area contributed by atoms with E-state index < -0.39 is 0 Å². The third kappa shape index (κ3) is 2.54. The maximum absolute atomic E-state index is 8.83. The summed E-state index contributed by atoms with van der Waals surface area (Å²) in [7, 11) is 1.55. The molecule has 0 saturated carbocycles. The lowest BCUT2D eigenvalue weighted by Gasteiger charge is -2.02. The summed E-state index contributed by atoms with van der Waals surface area (Å²) < 4.78 is 5.03. The Kier molecular flexibility index (Phi) is 4.09. The van der Waals surface area contributed by atoms with Crippen molar-refractivity contribution in [3.05, 3.63) is 35.4 Å². The van der Waals surface area contributed by atoms with Gasteiger partial charge in [0.25, 0.3) is 0 Å². The van der Waals surface area contributed by atoms with Gasteiger partial charge in [0.15, 0.2) is 0 Å². The van der Waals surface area contributed by atoms with E-state index >= 15 is 0 Å². The molecule has 0 aliphatic heterocycles. The zero-order valence-electron chi connectivity index (χ0n) is 7.90. The van der Waals surface area contributed by atoms with Gasteiger partial charge in [-0.05, 0) is 17.7 Å². The van der Waals surface area contributed by atoms with Gasteiger partial charge in [0.1, 0.15) is 11.8 Å². The maximum atomic E-state index is 8.83. The van der Waals surface area contributed by atoms with Crippen LogP contribution in [0, 0.1) is 11.3 Å². The van der Waals surface area contributed by atoms with E-state index in [1.54, 1.807) is 19.2 Å². The third-order valence-corrected chi connectivity index (χ3v) is 1.97. The van der Waals surface area contributed by atoms with Crippen LogP contribution >= 0.6 is 12.6 Å². The van der Waals surface area contributed by atoms with Crippen molar-refractivity contribution in [2.75, 3.05) is 12.9 Å². The van der Waals surface area contributed by atoms with Crippen LogP contribution in [0.4, 0.5) is 0 Å². The SMILES string of the molecule is COc1ccc(C=CCS)cc1C#N. The number of nitrogens with zero attached hydrogens (tertiary/aromatic N) is 1. The van der Waals surface area contributed by atoms with Crippen molar-refractivity contribution in [2.24, 2.45) is 0 Å². The van der Waals surface area contributed by atoms with E-state index in [1.807, 2.05) is 18.2 Å². The van der Waals surface area contributed by atoms with Crippen molar-refractivity contribution in [1.82, 2.24) is 0 Å². The second kappa shape index (κ2) is 5.36. The molecule has 0 aliphatic carbocycles. The number of nitriles is 1. The fraction of sp³-hybridized carbons (Fsp3) is 0.182. The molecule has 0 heterocycles. The normalized spacial score (nSPS) is 10.1. The van der Waals surface area contributed by atoms with Gasteiger partial charge in [-0.15, -0.1) is 0 Å². The van der Waals surface area contributed by atoms with Gasteiger partial charge in [-0.2, -0.15) is 17.9 Å². The standard InChI is InChI=1S/C11H11NOS/c1-13-11-5-4-9(3-2-6-14)7-10(11)8-12/h2-5,7,14H,6H2,1H3. The first-order chi connectivity index (χ1) is 6.81. The zero-order valence-corrected chi connectivity index (χ0v) is 8.79. The predicted molar refractivity (Wildman–Crippen MR) is 60.6 cm³/mol. The van der Waals surface area contributed by atoms with Gasteiger partial charge in [0.05, 0.1) is 12.7 Å². The molecule has 0 aliphatic rings. The van der Waals surface area contributed by atoms with E-state index in [0.29, 0.717) is 17.1 Å². The molecule has 14 heavy (non-hydrogen) atoms. The van der Waals surface area contributed by atoms with Crippen LogP contribution in [0.3, 0.4) is 0 Å². The van der Waals surface area contributed by atoms with Crippen molar-refractivity contribution in [1.29, 1.82) is 5.26 Å². The van der Waals surface area contributed by atoms with Crippen LogP contribution < -0.4 is 4.74 Å². The maximum Gasteiger partial charge on any atom is 0.136 e. The molecule has 3 heteroatoms. The molecule has 2 nitrogen and oxygen atoms in total. The summed E-state index contributed by atoms with van der Waals surface area (Å²) in [5, 5.41) is 8.83. The van der Waals surface area contributed by atoms with Crippen LogP contribution in [-0.2, 0) is 0 Å². The summed E-state index contributed by atoms with van der Waals surface area (Å²) in [4.78, 5) is 0. The highest BCUT2D eigenvalue weighted by Crippen LogP contribution is 2.19. The minimum atomic E-state index is 0.550. The van der Waals surface area contributed by atoms with Gasteiger partial charge in [-0.3, -0.25) is 0 Å². The average Bonchev–Trinajstić information content (AvgIpc) is 2.25. The van der Waals surface area contributed by atoms with E-state index in [-0.39, 0.29) is 0 Å². The number of hydrogen-bond acceptors (Lipinski definition) is 3. The summed E-state index contributed by atoms with van der Waals surface area (Å²) in [5.41, 5.74) is 1.53. The Balaban J connectivity index is 3.03. The number of benzene rings is 1. The quantitative estimate of drug-likeness (QED) is 0.769. The van der Waals surface area contributed by atoms with Gasteiger partial charge in [-0.25, -0.2) is 0 Å². The van der Waals surface area contributed by atoms with Gasteiger partial charge in [-0.1, -0.05) is 18.2 Å². The summed E-state index contributed by atoms with van der Waals surface area (Å²) in [6.45, 7) is 0. The first kappa shape index (κ1) is 10.7. The number of rotatable bonds is 3. The predicted octanol–water partition coefficient (Wildman–Crippen LogP) is 2.51. The average molecular weight is 205 g/mol. The zero-order chi connectivity index (χ0) is 10.4. The molecule has 0 unspecified atom stereocenters. The van der Waals surface area contributed by atoms with E-state index in [1.165, 1.54) is 0 Å². The molecule has 0 aromatic heterocycles. The lowest BCUT2D eigenvalue weighted by atomic mass is 10.1. The molecule has 0 N–H and O–H groups in total. The van der Waals surface area contributed by atoms with Gasteiger partial charge in [0.2, 0.25) is 0 Å². The van der Waals surface area contributed by atoms with Crippen molar-refractivity contribution < 1.29 is 4.74 Å². The number of methoxy groups -OCH3 is 1. The summed E-state index contributed by atoms with van der Waals surface area (Å²) >= 11 is 4.06. The highest BCUT2D eigenvalue weighted by atomic mass is 32.1. The number of thiol groups is 1. The molecule has 0 bridgehead atoms. The molecular weight excluding hydrogens is 194 g/mol. The lowest BCUT2D eigenvalue weighted by molar-refractivity contribution is 0.413. The van der Waals surface area contributed by atoms with E-state index in [2.05, 4.69) is 18.7 Å². The Morgan fingerprint density at radius 2 is 2.36 bits per heavy atom. The second-order valence-electron chi connectivity index (χ2n) is 2.66. The first-order valence-electron chi connectivity index (χ1n) is 4.17. The first-order valence-corrected chi connectivity index (χ1v) is 4.80. The van der Waals surface area contributed by atoms with Crippen LogP contribution in [0.2, 0.25) is 0 Å². The second-order valence-corrected chi connectivity index (χ2v) is 3.02. The van der Waals surface area contributed by atoms with Crippen LogP contribution in [0.15, 0.2) is 24.3 Å². The van der Waals surface area contributed by atoms with Crippen LogP contribution in [-0.4, -0.2) is 12.9 Å². The summed E-state index contributed by atoms with van der Waals surface area (Å²) in [6.07, 6.45) is 3.85. The highest BCUT2D eigenvalue weighted by Gasteiger charge is 2.01. The Hall–Kier alpha value is -1.40. The number of ether oxygens (including phenoxy) is 1. The molecule has 1 aromatic carbocycles. The van der Waals surface area contributed by atoms with Crippen molar-refractivity contribution >= 4 is 18.7 Å². The van der Waals surface area contributed by atoms with Gasteiger partial charge >= 0.3 is 0 Å². The smallest absolute Gasteiger partial charge is 0.136 e. The molecule has 0 spiro atoms. The fourth-order valence-electron chi connectivity index (χ4n) is 1.11. The molecule has 72 valence electrons. The highest BCUT2D eigenvalue weighted by molar-refractivity contribution is 7.80. The topological polar surface area (TPSA) is 33.0 Å². The van der Waals surface area contributed by atoms with Gasteiger partial charge < -0.3 is 4.74 Å². The molecule has 0 amide bonds. The van der Waals surface area contributed by atoms with Crippen LogP contribution in [0.1, 0.15) is 11.1 Å². The lowest BCUT2D eigenvalue weighted by Crippen LogP contribution is -1.88. The molecule has 0 saturated heterocycles. The monoisotopic (exact) mass is 205 g/mol. The third-order valence-electron chi connectivity index (χ3n) is 1.76. The molecular formula is C11H11NOS. The molecule has 1 aromatic rings.